The first-order valence-electron chi connectivity index (χ1n) is 9.39. The van der Waals surface area contributed by atoms with Crippen LogP contribution in [-0.4, -0.2) is 73.5 Å². The van der Waals surface area contributed by atoms with Gasteiger partial charge < -0.3 is 20.9 Å². The Morgan fingerprint density at radius 2 is 2.00 bits per heavy atom. The molecule has 0 aromatic carbocycles. The number of urea groups is 1. The maximum absolute atomic E-state index is 13.1. The van der Waals surface area contributed by atoms with Crippen molar-refractivity contribution in [2.45, 2.75) is 57.0 Å². The van der Waals surface area contributed by atoms with Crippen molar-refractivity contribution in [2.24, 2.45) is 5.73 Å². The van der Waals surface area contributed by atoms with E-state index < -0.39 is 16.8 Å². The van der Waals surface area contributed by atoms with Crippen LogP contribution in [0, 0.1) is 6.92 Å². The molecular weight excluding hydrogens is 380 g/mol. The van der Waals surface area contributed by atoms with Crippen molar-refractivity contribution in [1.29, 1.82) is 0 Å². The van der Waals surface area contributed by atoms with Gasteiger partial charge in [-0.3, -0.25) is 9.36 Å². The highest BCUT2D eigenvalue weighted by Crippen LogP contribution is 2.29. The lowest BCUT2D eigenvalue weighted by Crippen LogP contribution is -2.60. The fourth-order valence-electron chi connectivity index (χ4n) is 3.89. The molecule has 1 atom stereocenters. The molecule has 9 nitrogen and oxygen atoms in total. The Balaban J connectivity index is 1.64. The molecule has 10 heteroatoms. The predicted octanol–water partition coefficient (Wildman–Crippen LogP) is 1.14. The topological polar surface area (TPSA) is 114 Å². The number of aryl methyl sites for hydroxylation is 1. The smallest absolute Gasteiger partial charge is 0.330 e. The van der Waals surface area contributed by atoms with E-state index in [1.807, 2.05) is 31.9 Å². The van der Waals surface area contributed by atoms with Gasteiger partial charge in [-0.25, -0.2) is 14.6 Å². The third kappa shape index (κ3) is 3.69. The van der Waals surface area contributed by atoms with E-state index in [4.69, 9.17) is 5.73 Å². The summed E-state index contributed by atoms with van der Waals surface area (Å²) in [6, 6.07) is -1.35. The number of nitrogens with zero attached hydrogens (tertiary/aromatic N) is 4. The van der Waals surface area contributed by atoms with Crippen molar-refractivity contribution in [3.8, 4) is 0 Å². The Kier molecular flexibility index (Phi) is 5.60. The largest absolute Gasteiger partial charge is 0.352 e. The molecule has 0 radical (unpaired) electrons. The number of amides is 4. The summed E-state index contributed by atoms with van der Waals surface area (Å²) in [5.41, 5.74) is 6.20. The van der Waals surface area contributed by atoms with Gasteiger partial charge in [0.05, 0.1) is 18.4 Å². The highest BCUT2D eigenvalue weighted by atomic mass is 32.2. The Labute approximate surface area is 169 Å². The normalized spacial score (nSPS) is 18.9. The molecule has 2 aliphatic rings. The number of fused-ring (bicyclic) bond motifs is 1. The Bertz CT molecular complexity index is 784. The molecule has 154 valence electrons. The number of hydrogen-bond acceptors (Lipinski definition) is 5. The zero-order valence-corrected chi connectivity index (χ0v) is 17.6. The zero-order chi connectivity index (χ0) is 20.6. The second kappa shape index (κ2) is 7.65. The van der Waals surface area contributed by atoms with E-state index in [9.17, 15) is 14.4 Å². The minimum Gasteiger partial charge on any atom is -0.352 e. The van der Waals surface area contributed by atoms with E-state index >= 15 is 0 Å². The molecule has 3 N–H and O–H groups in total. The number of primary amides is 1. The van der Waals surface area contributed by atoms with Crippen molar-refractivity contribution in [3.05, 3.63) is 17.7 Å². The second-order valence-corrected chi connectivity index (χ2v) is 9.31. The van der Waals surface area contributed by atoms with Gasteiger partial charge >= 0.3 is 12.1 Å². The van der Waals surface area contributed by atoms with Gasteiger partial charge in [0.25, 0.3) is 0 Å². The van der Waals surface area contributed by atoms with E-state index in [1.54, 1.807) is 15.7 Å². The summed E-state index contributed by atoms with van der Waals surface area (Å²) in [5.74, 6) is 0.574. The molecule has 3 heterocycles. The number of nitrogens with two attached hydrogens (primary N) is 1. The summed E-state index contributed by atoms with van der Waals surface area (Å²) in [6.45, 7) is 7.30. The number of imidazole rings is 1. The van der Waals surface area contributed by atoms with Gasteiger partial charge in [-0.05, 0) is 39.9 Å². The van der Waals surface area contributed by atoms with Crippen molar-refractivity contribution < 1.29 is 14.4 Å². The number of rotatable bonds is 5. The number of hydrogen-bond donors (Lipinski definition) is 2. The van der Waals surface area contributed by atoms with Gasteiger partial charge in [-0.2, -0.15) is 11.8 Å². The molecule has 0 aliphatic carbocycles. The Morgan fingerprint density at radius 3 is 2.54 bits per heavy atom. The molecule has 1 aromatic rings. The summed E-state index contributed by atoms with van der Waals surface area (Å²) >= 11 is 1.51. The number of carbonyl (C=O) groups is 3. The van der Waals surface area contributed by atoms with Crippen LogP contribution in [0.25, 0.3) is 0 Å². The third-order valence-corrected chi connectivity index (χ3v) is 7.04. The molecule has 2 aliphatic heterocycles. The highest BCUT2D eigenvalue weighted by molar-refractivity contribution is 8.00. The van der Waals surface area contributed by atoms with Gasteiger partial charge in [0.1, 0.15) is 11.9 Å². The van der Waals surface area contributed by atoms with Crippen molar-refractivity contribution in [3.63, 3.8) is 0 Å². The van der Waals surface area contributed by atoms with Crippen LogP contribution < -0.4 is 11.1 Å². The highest BCUT2D eigenvalue weighted by Gasteiger charge is 2.41. The number of piperidine rings is 1. The number of likely N-dealkylation sites (tertiary alicyclic amines) is 1. The molecule has 0 saturated carbocycles. The minimum atomic E-state index is -0.705. The lowest BCUT2D eigenvalue weighted by atomic mass is 9.98. The molecule has 1 fully saturated rings. The standard InChI is InChI=1S/C18H28N6O3S/c1-11-20-9-13-10-23(17(27)24(11)13)12-5-7-22(8-6-12)15(25)14(21-16(19)26)18(2,3)28-4/h9,12,14H,5-8,10H2,1-4H3,(H3,19,21,26)/t14-/m0/s1. The van der Waals surface area contributed by atoms with E-state index in [0.29, 0.717) is 38.3 Å². The summed E-state index contributed by atoms with van der Waals surface area (Å²) in [4.78, 5) is 45.0. The SMILES string of the molecule is CSC(C)(C)[C@@H](NC(N)=O)C(=O)N1CCC(N2Cc3cnc(C)n3C2=O)CC1. The van der Waals surface area contributed by atoms with Crippen molar-refractivity contribution in [1.82, 2.24) is 24.7 Å². The van der Waals surface area contributed by atoms with Gasteiger partial charge in [0, 0.05) is 23.9 Å². The summed E-state index contributed by atoms with van der Waals surface area (Å²) < 4.78 is 1.17. The average molecular weight is 409 g/mol. The molecule has 0 bridgehead atoms. The Morgan fingerprint density at radius 1 is 1.36 bits per heavy atom. The van der Waals surface area contributed by atoms with Crippen LogP contribution in [0.3, 0.4) is 0 Å². The van der Waals surface area contributed by atoms with Gasteiger partial charge in [0.2, 0.25) is 5.91 Å². The summed E-state index contributed by atoms with van der Waals surface area (Å²) in [7, 11) is 0. The first-order chi connectivity index (χ1) is 13.2. The maximum Gasteiger partial charge on any atom is 0.330 e. The first kappa shape index (κ1) is 20.5. The fourth-order valence-corrected chi connectivity index (χ4v) is 4.29. The molecule has 4 amide bonds. The molecule has 0 unspecified atom stereocenters. The number of thioether (sulfide) groups is 1. The summed E-state index contributed by atoms with van der Waals surface area (Å²) in [5, 5.41) is 2.61. The van der Waals surface area contributed by atoms with Gasteiger partial charge in [-0.15, -0.1) is 0 Å². The van der Waals surface area contributed by atoms with Crippen LogP contribution in [0.1, 0.15) is 38.2 Å². The molecule has 3 rings (SSSR count). The van der Waals surface area contributed by atoms with Crippen LogP contribution in [0.15, 0.2) is 6.20 Å². The van der Waals surface area contributed by atoms with Crippen molar-refractivity contribution in [2.75, 3.05) is 19.3 Å². The van der Waals surface area contributed by atoms with Gasteiger partial charge in [-0.1, -0.05) is 0 Å². The molecule has 28 heavy (non-hydrogen) atoms. The van der Waals surface area contributed by atoms with E-state index in [-0.39, 0.29) is 18.0 Å². The van der Waals surface area contributed by atoms with Crippen LogP contribution in [0.5, 0.6) is 0 Å². The van der Waals surface area contributed by atoms with Crippen LogP contribution in [-0.2, 0) is 11.3 Å². The average Bonchev–Trinajstić information content (AvgIpc) is 3.19. The van der Waals surface area contributed by atoms with Crippen LogP contribution in [0.4, 0.5) is 9.59 Å². The van der Waals surface area contributed by atoms with E-state index in [0.717, 1.165) is 5.69 Å². The molecule has 0 spiro atoms. The fraction of sp³-hybridized carbons (Fsp3) is 0.667. The first-order valence-corrected chi connectivity index (χ1v) is 10.6. The quantitative estimate of drug-likeness (QED) is 0.759. The minimum absolute atomic E-state index is 0.0356. The zero-order valence-electron chi connectivity index (χ0n) is 16.8. The Hall–Kier alpha value is -2.23. The number of aromatic nitrogens is 2. The van der Waals surface area contributed by atoms with E-state index in [2.05, 4.69) is 10.3 Å². The molecule has 1 aromatic heterocycles. The second-order valence-electron chi connectivity index (χ2n) is 7.85. The molecular formula is C18H28N6O3S. The van der Waals surface area contributed by atoms with Crippen molar-refractivity contribution >= 4 is 29.7 Å². The third-order valence-electron chi connectivity index (χ3n) is 5.75. The van der Waals surface area contributed by atoms with Gasteiger partial charge in [0.15, 0.2) is 0 Å². The lowest BCUT2D eigenvalue weighted by molar-refractivity contribution is -0.135. The molecule has 1 saturated heterocycles. The van der Waals surface area contributed by atoms with E-state index in [1.165, 1.54) is 11.8 Å². The summed E-state index contributed by atoms with van der Waals surface area (Å²) in [6.07, 6.45) is 5.06. The van der Waals surface area contributed by atoms with Crippen LogP contribution in [0.2, 0.25) is 0 Å². The lowest BCUT2D eigenvalue weighted by Gasteiger charge is -2.40. The number of carbonyl (C=O) groups excluding carboxylic acids is 3. The number of nitrogens with one attached hydrogen (secondary N) is 1. The van der Waals surface area contributed by atoms with Crippen LogP contribution >= 0.6 is 11.8 Å². The maximum atomic E-state index is 13.1. The predicted molar refractivity (Wildman–Crippen MR) is 107 cm³/mol. The monoisotopic (exact) mass is 408 g/mol.